The van der Waals surface area contributed by atoms with Crippen LogP contribution in [-0.4, -0.2) is 58.2 Å². The number of H-pyrrole nitrogens is 1. The van der Waals surface area contributed by atoms with E-state index in [9.17, 15) is 15.0 Å². The molecule has 0 aliphatic heterocycles. The maximum Gasteiger partial charge on any atom is 0.341 e. The molecule has 0 fully saturated rings. The van der Waals surface area contributed by atoms with Crippen molar-refractivity contribution in [3.8, 4) is 17.2 Å². The number of aliphatic hydroxyl groups is 1. The van der Waals surface area contributed by atoms with Crippen molar-refractivity contribution >= 4 is 16.9 Å². The Balaban J connectivity index is 1.50. The van der Waals surface area contributed by atoms with Crippen LogP contribution in [0.25, 0.3) is 10.9 Å². The van der Waals surface area contributed by atoms with Gasteiger partial charge in [-0.3, -0.25) is 0 Å². The lowest BCUT2D eigenvalue weighted by Gasteiger charge is -2.17. The third-order valence-electron chi connectivity index (χ3n) is 4.62. The first-order chi connectivity index (χ1) is 14.4. The van der Waals surface area contributed by atoms with E-state index in [2.05, 4.69) is 10.3 Å². The number of aliphatic hydroxyl groups excluding tert-OH is 1. The molecular formula is C22H26N2O6. The van der Waals surface area contributed by atoms with Crippen LogP contribution in [0.5, 0.6) is 17.2 Å². The number of nitrogens with one attached hydrogen (secondary N) is 2. The van der Waals surface area contributed by atoms with Gasteiger partial charge in [0.1, 0.15) is 30.0 Å². The summed E-state index contributed by atoms with van der Waals surface area (Å²) < 4.78 is 10.9. The first-order valence-corrected chi connectivity index (χ1v) is 9.69. The molecule has 2 atom stereocenters. The van der Waals surface area contributed by atoms with Gasteiger partial charge in [0.25, 0.3) is 0 Å². The van der Waals surface area contributed by atoms with E-state index >= 15 is 0 Å². The molecule has 3 aromatic rings. The molecule has 0 amide bonds. The SMILES string of the molecule is C[C@H](Cc1c[nH]c2c(OCC(=O)O)cccc12)NC[C@H](O)COc1ccc(O)cc1. The number of hydrogen-bond donors (Lipinski definition) is 5. The van der Waals surface area contributed by atoms with Gasteiger partial charge in [-0.25, -0.2) is 4.79 Å². The summed E-state index contributed by atoms with van der Waals surface area (Å²) >= 11 is 0. The predicted molar refractivity (Wildman–Crippen MR) is 112 cm³/mol. The van der Waals surface area contributed by atoms with Crippen LogP contribution in [0.3, 0.4) is 0 Å². The molecule has 160 valence electrons. The van der Waals surface area contributed by atoms with Crippen LogP contribution in [0.2, 0.25) is 0 Å². The third kappa shape index (κ3) is 5.88. The van der Waals surface area contributed by atoms with Gasteiger partial charge in [-0.2, -0.15) is 0 Å². The van der Waals surface area contributed by atoms with Crippen molar-refractivity contribution in [2.45, 2.75) is 25.5 Å². The number of benzene rings is 2. The number of aliphatic carboxylic acids is 1. The van der Waals surface area contributed by atoms with E-state index in [0.29, 0.717) is 24.5 Å². The molecule has 8 nitrogen and oxygen atoms in total. The number of phenolic OH excluding ortho intramolecular Hbond substituents is 1. The number of para-hydroxylation sites is 1. The molecule has 0 unspecified atom stereocenters. The summed E-state index contributed by atoms with van der Waals surface area (Å²) in [5, 5.41) is 32.5. The Morgan fingerprint density at radius 3 is 2.67 bits per heavy atom. The van der Waals surface area contributed by atoms with Crippen molar-refractivity contribution in [2.24, 2.45) is 0 Å². The van der Waals surface area contributed by atoms with Crippen LogP contribution < -0.4 is 14.8 Å². The minimum atomic E-state index is -1.02. The number of carbonyl (C=O) groups is 1. The van der Waals surface area contributed by atoms with Crippen molar-refractivity contribution < 1.29 is 29.6 Å². The van der Waals surface area contributed by atoms with Crippen molar-refractivity contribution in [1.82, 2.24) is 10.3 Å². The normalized spacial score (nSPS) is 13.1. The summed E-state index contributed by atoms with van der Waals surface area (Å²) in [5.41, 5.74) is 1.84. The van der Waals surface area contributed by atoms with E-state index < -0.39 is 18.7 Å². The van der Waals surface area contributed by atoms with Gasteiger partial charge in [0, 0.05) is 24.2 Å². The molecule has 0 bridgehead atoms. The fourth-order valence-electron chi connectivity index (χ4n) is 3.15. The molecule has 0 radical (unpaired) electrons. The average Bonchev–Trinajstić information content (AvgIpc) is 3.13. The Hall–Kier alpha value is -3.23. The van der Waals surface area contributed by atoms with Gasteiger partial charge in [-0.05, 0) is 49.2 Å². The zero-order valence-electron chi connectivity index (χ0n) is 16.7. The molecule has 1 aromatic heterocycles. The molecule has 3 rings (SSSR count). The van der Waals surface area contributed by atoms with E-state index in [0.717, 1.165) is 16.5 Å². The highest BCUT2D eigenvalue weighted by atomic mass is 16.5. The lowest BCUT2D eigenvalue weighted by atomic mass is 10.1. The number of hydrogen-bond acceptors (Lipinski definition) is 6. The molecule has 0 saturated heterocycles. The van der Waals surface area contributed by atoms with Crippen LogP contribution in [0.1, 0.15) is 12.5 Å². The van der Waals surface area contributed by atoms with Gasteiger partial charge in [0.2, 0.25) is 0 Å². The van der Waals surface area contributed by atoms with Crippen LogP contribution >= 0.6 is 0 Å². The standard InChI is InChI=1S/C22H26N2O6/c1-14(23-11-17(26)12-29-18-7-5-16(25)6-8-18)9-15-10-24-22-19(15)3-2-4-20(22)30-13-21(27)28/h2-8,10,14,17,23-26H,9,11-13H2,1H3,(H,27,28)/t14-,17+/m1/s1. The maximum absolute atomic E-state index is 10.7. The second kappa shape index (κ2) is 10.00. The molecule has 0 aliphatic carbocycles. The van der Waals surface area contributed by atoms with Crippen LogP contribution in [0.4, 0.5) is 0 Å². The van der Waals surface area contributed by atoms with E-state index in [1.165, 1.54) is 12.1 Å². The number of fused-ring (bicyclic) bond motifs is 1. The lowest BCUT2D eigenvalue weighted by molar-refractivity contribution is -0.139. The third-order valence-corrected chi connectivity index (χ3v) is 4.62. The van der Waals surface area contributed by atoms with Crippen LogP contribution in [-0.2, 0) is 11.2 Å². The number of phenols is 1. The first kappa shape index (κ1) is 21.5. The number of aromatic amines is 1. The highest BCUT2D eigenvalue weighted by Gasteiger charge is 2.13. The number of aromatic hydroxyl groups is 1. The second-order valence-electron chi connectivity index (χ2n) is 7.15. The lowest BCUT2D eigenvalue weighted by Crippen LogP contribution is -2.37. The van der Waals surface area contributed by atoms with E-state index in [1.54, 1.807) is 18.2 Å². The van der Waals surface area contributed by atoms with Gasteiger partial charge in [0.05, 0.1) is 5.52 Å². The minimum Gasteiger partial charge on any atom is -0.508 e. The van der Waals surface area contributed by atoms with E-state index in [1.807, 2.05) is 25.3 Å². The summed E-state index contributed by atoms with van der Waals surface area (Å²) in [6, 6.07) is 12.0. The molecule has 5 N–H and O–H groups in total. The predicted octanol–water partition coefficient (Wildman–Crippen LogP) is 2.30. The van der Waals surface area contributed by atoms with Gasteiger partial charge in [0.15, 0.2) is 6.61 Å². The Labute approximate surface area is 174 Å². The minimum absolute atomic E-state index is 0.0934. The van der Waals surface area contributed by atoms with Crippen LogP contribution in [0, 0.1) is 0 Å². The number of carboxylic acids is 1. The largest absolute Gasteiger partial charge is 0.508 e. The molecule has 1 heterocycles. The molecule has 8 heteroatoms. The number of rotatable bonds is 11. The topological polar surface area (TPSA) is 124 Å². The number of aromatic nitrogens is 1. The Kier molecular flexibility index (Phi) is 7.16. The number of ether oxygens (including phenoxy) is 2. The fraction of sp³-hybridized carbons (Fsp3) is 0.318. The quantitative estimate of drug-likeness (QED) is 0.326. The highest BCUT2D eigenvalue weighted by molar-refractivity contribution is 5.88. The zero-order chi connectivity index (χ0) is 21.5. The summed E-state index contributed by atoms with van der Waals surface area (Å²) in [7, 11) is 0. The van der Waals surface area contributed by atoms with Crippen molar-refractivity contribution in [1.29, 1.82) is 0 Å². The fourth-order valence-corrected chi connectivity index (χ4v) is 3.15. The van der Waals surface area contributed by atoms with Gasteiger partial charge in [-0.1, -0.05) is 12.1 Å². The summed E-state index contributed by atoms with van der Waals surface area (Å²) in [6.07, 6.45) is 1.93. The molecule has 2 aromatic carbocycles. The second-order valence-corrected chi connectivity index (χ2v) is 7.15. The molecule has 0 aliphatic rings. The molecule has 30 heavy (non-hydrogen) atoms. The summed E-state index contributed by atoms with van der Waals surface area (Å²) in [5.74, 6) is 0.226. The number of carboxylic acid groups (broad SMARTS) is 1. The van der Waals surface area contributed by atoms with Crippen molar-refractivity contribution in [2.75, 3.05) is 19.8 Å². The molecule has 0 saturated carbocycles. The Morgan fingerprint density at radius 2 is 1.93 bits per heavy atom. The van der Waals surface area contributed by atoms with Crippen molar-refractivity contribution in [3.63, 3.8) is 0 Å². The smallest absolute Gasteiger partial charge is 0.341 e. The Bertz CT molecular complexity index is 969. The maximum atomic E-state index is 10.7. The molecule has 0 spiro atoms. The monoisotopic (exact) mass is 414 g/mol. The Morgan fingerprint density at radius 1 is 1.17 bits per heavy atom. The van der Waals surface area contributed by atoms with Crippen LogP contribution in [0.15, 0.2) is 48.7 Å². The van der Waals surface area contributed by atoms with Gasteiger partial charge in [-0.15, -0.1) is 0 Å². The van der Waals surface area contributed by atoms with E-state index in [4.69, 9.17) is 14.6 Å². The zero-order valence-corrected chi connectivity index (χ0v) is 16.7. The molecular weight excluding hydrogens is 388 g/mol. The van der Waals surface area contributed by atoms with E-state index in [-0.39, 0.29) is 18.4 Å². The van der Waals surface area contributed by atoms with Gasteiger partial charge >= 0.3 is 5.97 Å². The van der Waals surface area contributed by atoms with Crippen molar-refractivity contribution in [3.05, 3.63) is 54.2 Å². The summed E-state index contributed by atoms with van der Waals surface area (Å²) in [4.78, 5) is 13.9. The highest BCUT2D eigenvalue weighted by Crippen LogP contribution is 2.28. The summed E-state index contributed by atoms with van der Waals surface area (Å²) in [6.45, 7) is 2.14. The average molecular weight is 414 g/mol. The van der Waals surface area contributed by atoms with Gasteiger partial charge < -0.3 is 35.1 Å². The first-order valence-electron chi connectivity index (χ1n) is 9.69.